The molecule has 2 rings (SSSR count). The summed E-state index contributed by atoms with van der Waals surface area (Å²) >= 11 is 17.9. The van der Waals surface area contributed by atoms with E-state index in [4.69, 9.17) is 34.8 Å². The number of benzene rings is 1. The summed E-state index contributed by atoms with van der Waals surface area (Å²) in [5.41, 5.74) is 0.551. The van der Waals surface area contributed by atoms with Gasteiger partial charge in [0, 0.05) is 5.02 Å². The van der Waals surface area contributed by atoms with Gasteiger partial charge in [0.05, 0.1) is 15.6 Å². The lowest BCUT2D eigenvalue weighted by Gasteiger charge is -2.05. The molecule has 0 aliphatic rings. The molecule has 0 aliphatic heterocycles. The maximum Gasteiger partial charge on any atom is 0.329 e. The third kappa shape index (κ3) is 2.54. The van der Waals surface area contributed by atoms with E-state index < -0.39 is 4.92 Å². The molecule has 0 saturated heterocycles. The van der Waals surface area contributed by atoms with Crippen molar-refractivity contribution in [1.82, 2.24) is 9.78 Å². The van der Waals surface area contributed by atoms with Crippen molar-refractivity contribution in [3.8, 4) is 5.69 Å². The van der Waals surface area contributed by atoms with Crippen LogP contribution in [-0.4, -0.2) is 14.7 Å². The second kappa shape index (κ2) is 5.36. The Kier molecular flexibility index (Phi) is 3.99. The Bertz CT molecular complexity index is 655. The van der Waals surface area contributed by atoms with Gasteiger partial charge in [-0.1, -0.05) is 41.7 Å². The fourth-order valence-corrected chi connectivity index (χ4v) is 2.46. The Balaban J connectivity index is 2.66. The van der Waals surface area contributed by atoms with Crippen LogP contribution in [0.15, 0.2) is 18.2 Å². The Morgan fingerprint density at radius 1 is 1.37 bits per heavy atom. The summed E-state index contributed by atoms with van der Waals surface area (Å²) in [6, 6.07) is 4.73. The summed E-state index contributed by atoms with van der Waals surface area (Å²) in [5.74, 6) is 0. The molecule has 0 aliphatic carbocycles. The molecule has 0 bridgehead atoms. The van der Waals surface area contributed by atoms with Crippen molar-refractivity contribution < 1.29 is 4.92 Å². The quantitative estimate of drug-likeness (QED) is 0.625. The van der Waals surface area contributed by atoms with Crippen molar-refractivity contribution in [2.75, 3.05) is 0 Å². The average molecular weight is 321 g/mol. The number of rotatable bonds is 3. The summed E-state index contributed by atoms with van der Waals surface area (Å²) in [6.45, 7) is 1.76. The van der Waals surface area contributed by atoms with Gasteiger partial charge < -0.3 is 0 Å². The third-order valence-electron chi connectivity index (χ3n) is 2.53. The fraction of sp³-hybridized carbons (Fsp3) is 0.182. The van der Waals surface area contributed by atoms with Crippen molar-refractivity contribution in [1.29, 1.82) is 0 Å². The maximum absolute atomic E-state index is 11.0. The summed E-state index contributed by atoms with van der Waals surface area (Å²) in [6.07, 6.45) is 0.397. The van der Waals surface area contributed by atoms with Gasteiger partial charge in [0.15, 0.2) is 0 Å². The normalized spacial score (nSPS) is 10.7. The molecule has 1 heterocycles. The Morgan fingerprint density at radius 3 is 2.53 bits per heavy atom. The molecule has 5 nitrogen and oxygen atoms in total. The van der Waals surface area contributed by atoms with Crippen molar-refractivity contribution in [3.63, 3.8) is 0 Å². The third-order valence-corrected chi connectivity index (χ3v) is 3.41. The number of hydrogen-bond donors (Lipinski definition) is 0. The van der Waals surface area contributed by atoms with Crippen molar-refractivity contribution in [3.05, 3.63) is 49.2 Å². The van der Waals surface area contributed by atoms with E-state index in [-0.39, 0.29) is 10.8 Å². The summed E-state index contributed by atoms with van der Waals surface area (Å²) in [4.78, 5) is 10.5. The van der Waals surface area contributed by atoms with Gasteiger partial charge in [-0.2, -0.15) is 5.10 Å². The maximum atomic E-state index is 11.0. The standard InChI is InChI=1S/C11H8Cl3N3O2/c1-2-8-10(17(18)19)11(14)16(15-8)9-4-3-6(12)5-7(9)13/h3-5H,2H2,1H3. The number of nitrogens with zero attached hydrogens (tertiary/aromatic N) is 3. The van der Waals surface area contributed by atoms with Crippen LogP contribution in [0.25, 0.3) is 5.69 Å². The number of aryl methyl sites for hydroxylation is 1. The van der Waals surface area contributed by atoms with Gasteiger partial charge in [-0.15, -0.1) is 0 Å². The van der Waals surface area contributed by atoms with Crippen molar-refractivity contribution in [2.24, 2.45) is 0 Å². The minimum absolute atomic E-state index is 0.0777. The summed E-state index contributed by atoms with van der Waals surface area (Å²) in [5, 5.41) is 15.8. The van der Waals surface area contributed by atoms with Gasteiger partial charge in [-0.25, -0.2) is 4.68 Å². The number of nitro groups is 1. The lowest BCUT2D eigenvalue weighted by atomic mass is 10.3. The molecule has 19 heavy (non-hydrogen) atoms. The van der Waals surface area contributed by atoms with E-state index in [1.165, 1.54) is 10.7 Å². The number of halogens is 3. The molecule has 0 fully saturated rings. The molecule has 0 atom stereocenters. The Hall–Kier alpha value is -1.30. The monoisotopic (exact) mass is 319 g/mol. The molecular weight excluding hydrogens is 312 g/mol. The molecule has 0 amide bonds. The van der Waals surface area contributed by atoms with E-state index in [9.17, 15) is 10.1 Å². The summed E-state index contributed by atoms with van der Waals surface area (Å²) in [7, 11) is 0. The molecule has 8 heteroatoms. The highest BCUT2D eigenvalue weighted by molar-refractivity contribution is 6.36. The van der Waals surface area contributed by atoms with Gasteiger partial charge in [-0.3, -0.25) is 10.1 Å². The predicted octanol–water partition coefficient (Wildman–Crippen LogP) is 4.30. The molecule has 0 saturated carbocycles. The molecule has 0 N–H and O–H groups in total. The minimum Gasteiger partial charge on any atom is -0.258 e. The van der Waals surface area contributed by atoms with Gasteiger partial charge in [0.1, 0.15) is 5.69 Å². The predicted molar refractivity (Wildman–Crippen MR) is 74.6 cm³/mol. The van der Waals surface area contributed by atoms with Gasteiger partial charge in [0.2, 0.25) is 5.15 Å². The zero-order valence-corrected chi connectivity index (χ0v) is 12.0. The van der Waals surface area contributed by atoms with E-state index in [0.29, 0.717) is 27.8 Å². The molecule has 100 valence electrons. The van der Waals surface area contributed by atoms with Crippen LogP contribution >= 0.6 is 34.8 Å². The van der Waals surface area contributed by atoms with E-state index in [2.05, 4.69) is 5.10 Å². The van der Waals surface area contributed by atoms with E-state index in [0.717, 1.165) is 0 Å². The van der Waals surface area contributed by atoms with E-state index >= 15 is 0 Å². The molecule has 2 aromatic rings. The molecule has 1 aromatic carbocycles. The summed E-state index contributed by atoms with van der Waals surface area (Å²) < 4.78 is 1.25. The minimum atomic E-state index is -0.547. The van der Waals surface area contributed by atoms with Crippen molar-refractivity contribution >= 4 is 40.5 Å². The van der Waals surface area contributed by atoms with Crippen LogP contribution < -0.4 is 0 Å². The van der Waals surface area contributed by atoms with Crippen LogP contribution in [0.2, 0.25) is 15.2 Å². The van der Waals surface area contributed by atoms with Crippen molar-refractivity contribution in [2.45, 2.75) is 13.3 Å². The van der Waals surface area contributed by atoms with Crippen LogP contribution in [0.4, 0.5) is 5.69 Å². The zero-order valence-electron chi connectivity index (χ0n) is 9.73. The number of hydrogen-bond acceptors (Lipinski definition) is 3. The Morgan fingerprint density at radius 2 is 2.05 bits per heavy atom. The van der Waals surface area contributed by atoms with Crippen LogP contribution in [0, 0.1) is 10.1 Å². The van der Waals surface area contributed by atoms with E-state index in [1.807, 2.05) is 0 Å². The first-order valence-corrected chi connectivity index (χ1v) is 6.46. The molecule has 1 aromatic heterocycles. The first-order chi connectivity index (χ1) is 8.95. The van der Waals surface area contributed by atoms with E-state index in [1.54, 1.807) is 19.1 Å². The molecule has 0 unspecified atom stereocenters. The first-order valence-electron chi connectivity index (χ1n) is 5.33. The SMILES string of the molecule is CCc1nn(-c2ccc(Cl)cc2Cl)c(Cl)c1[N+](=O)[O-]. The topological polar surface area (TPSA) is 61.0 Å². The number of aromatic nitrogens is 2. The first kappa shape index (κ1) is 14.1. The molecule has 0 spiro atoms. The zero-order chi connectivity index (χ0) is 14.2. The highest BCUT2D eigenvalue weighted by atomic mass is 35.5. The highest BCUT2D eigenvalue weighted by Gasteiger charge is 2.26. The molecule has 0 radical (unpaired) electrons. The second-order valence-corrected chi connectivity index (χ2v) is 4.91. The smallest absolute Gasteiger partial charge is 0.258 e. The Labute approximate surface area is 123 Å². The van der Waals surface area contributed by atoms with Crippen LogP contribution in [0.1, 0.15) is 12.6 Å². The largest absolute Gasteiger partial charge is 0.329 e. The second-order valence-electron chi connectivity index (χ2n) is 3.70. The average Bonchev–Trinajstić information content (AvgIpc) is 2.66. The van der Waals surface area contributed by atoms with Gasteiger partial charge in [-0.05, 0) is 24.6 Å². The van der Waals surface area contributed by atoms with Crippen LogP contribution in [0.3, 0.4) is 0 Å². The lowest BCUT2D eigenvalue weighted by molar-refractivity contribution is -0.385. The van der Waals surface area contributed by atoms with Gasteiger partial charge in [0.25, 0.3) is 0 Å². The fourth-order valence-electron chi connectivity index (χ4n) is 1.66. The van der Waals surface area contributed by atoms with Gasteiger partial charge >= 0.3 is 5.69 Å². The molecular formula is C11H8Cl3N3O2. The van der Waals surface area contributed by atoms with Crippen LogP contribution in [-0.2, 0) is 6.42 Å². The van der Waals surface area contributed by atoms with Crippen LogP contribution in [0.5, 0.6) is 0 Å². The lowest BCUT2D eigenvalue weighted by Crippen LogP contribution is -1.98. The highest BCUT2D eigenvalue weighted by Crippen LogP contribution is 2.33.